The topological polar surface area (TPSA) is 30.2 Å². The van der Waals surface area contributed by atoms with Crippen LogP contribution in [0.3, 0.4) is 0 Å². The highest BCUT2D eigenvalue weighted by molar-refractivity contribution is 6.08. The summed E-state index contributed by atoms with van der Waals surface area (Å²) in [5.41, 5.74) is 1.92. The van der Waals surface area contributed by atoms with E-state index < -0.39 is 0 Å². The summed E-state index contributed by atoms with van der Waals surface area (Å²) >= 11 is 0. The fourth-order valence-electron chi connectivity index (χ4n) is 1.64. The summed E-state index contributed by atoms with van der Waals surface area (Å²) in [5, 5.41) is 0. The molecule has 0 aliphatic carbocycles. The maximum Gasteiger partial charge on any atom is 0.196 e. The van der Waals surface area contributed by atoms with Crippen molar-refractivity contribution in [3.05, 3.63) is 58.8 Å². The normalized spacial score (nSPS) is 10.4. The van der Waals surface area contributed by atoms with Gasteiger partial charge in [0.1, 0.15) is 12.1 Å². The Labute approximate surface area is 92.7 Å². The van der Waals surface area contributed by atoms with Gasteiger partial charge in [-0.05, 0) is 43.2 Å². The number of furan rings is 1. The maximum atomic E-state index is 13.4. The van der Waals surface area contributed by atoms with Crippen LogP contribution in [0.4, 0.5) is 4.39 Å². The van der Waals surface area contributed by atoms with Crippen molar-refractivity contribution in [2.45, 2.75) is 13.8 Å². The van der Waals surface area contributed by atoms with Gasteiger partial charge in [-0.25, -0.2) is 4.39 Å². The van der Waals surface area contributed by atoms with Gasteiger partial charge < -0.3 is 4.42 Å². The molecule has 0 saturated carbocycles. The minimum Gasteiger partial charge on any atom is -0.472 e. The number of aryl methyl sites for hydroxylation is 2. The Bertz CT molecular complexity index is 504. The van der Waals surface area contributed by atoms with Crippen molar-refractivity contribution < 1.29 is 13.6 Å². The lowest BCUT2D eigenvalue weighted by molar-refractivity contribution is 0.103. The van der Waals surface area contributed by atoms with E-state index in [2.05, 4.69) is 0 Å². The zero-order valence-electron chi connectivity index (χ0n) is 9.08. The summed E-state index contributed by atoms with van der Waals surface area (Å²) in [6.45, 7) is 3.29. The molecule has 0 spiro atoms. The van der Waals surface area contributed by atoms with Gasteiger partial charge >= 0.3 is 0 Å². The summed E-state index contributed by atoms with van der Waals surface area (Å²) < 4.78 is 18.2. The molecule has 0 radical (unpaired) electrons. The Morgan fingerprint density at radius 1 is 1.19 bits per heavy atom. The Morgan fingerprint density at radius 3 is 2.31 bits per heavy atom. The highest BCUT2D eigenvalue weighted by Crippen LogP contribution is 2.17. The first kappa shape index (κ1) is 10.6. The van der Waals surface area contributed by atoms with Crippen LogP contribution in [-0.4, -0.2) is 5.78 Å². The second-order valence-corrected chi connectivity index (χ2v) is 3.77. The van der Waals surface area contributed by atoms with Gasteiger partial charge in [0.2, 0.25) is 0 Å². The Balaban J connectivity index is 2.46. The minimum absolute atomic E-state index is 0.153. The molecule has 0 atom stereocenters. The van der Waals surface area contributed by atoms with E-state index in [9.17, 15) is 9.18 Å². The van der Waals surface area contributed by atoms with E-state index in [1.165, 1.54) is 12.5 Å². The largest absolute Gasteiger partial charge is 0.472 e. The van der Waals surface area contributed by atoms with Gasteiger partial charge in [-0.1, -0.05) is 0 Å². The molecule has 0 aliphatic heterocycles. The molecule has 3 heteroatoms. The molecule has 1 aromatic carbocycles. The fraction of sp³-hybridized carbons (Fsp3) is 0.154. The van der Waals surface area contributed by atoms with Crippen molar-refractivity contribution in [1.29, 1.82) is 0 Å². The summed E-state index contributed by atoms with van der Waals surface area (Å²) in [6, 6.07) is 4.70. The first-order chi connectivity index (χ1) is 7.59. The lowest BCUT2D eigenvalue weighted by Gasteiger charge is -2.04. The summed E-state index contributed by atoms with van der Waals surface area (Å²) in [7, 11) is 0. The van der Waals surface area contributed by atoms with Gasteiger partial charge in [0.15, 0.2) is 5.78 Å². The number of hydrogen-bond donors (Lipinski definition) is 0. The molecule has 0 N–H and O–H groups in total. The third-order valence-corrected chi connectivity index (χ3v) is 2.48. The smallest absolute Gasteiger partial charge is 0.196 e. The lowest BCUT2D eigenvalue weighted by atomic mass is 10.0. The number of hydrogen-bond acceptors (Lipinski definition) is 2. The van der Waals surface area contributed by atoms with Crippen LogP contribution in [0.2, 0.25) is 0 Å². The maximum absolute atomic E-state index is 13.4. The van der Waals surface area contributed by atoms with E-state index in [1.807, 2.05) is 0 Å². The van der Waals surface area contributed by atoms with Gasteiger partial charge in [-0.3, -0.25) is 4.79 Å². The zero-order chi connectivity index (χ0) is 11.7. The van der Waals surface area contributed by atoms with Crippen molar-refractivity contribution >= 4 is 5.78 Å². The summed E-state index contributed by atoms with van der Waals surface area (Å²) in [5.74, 6) is -0.413. The molecule has 2 aromatic rings. The van der Waals surface area contributed by atoms with Crippen LogP contribution in [0, 0.1) is 19.7 Å². The van der Waals surface area contributed by atoms with Crippen molar-refractivity contribution in [2.75, 3.05) is 0 Å². The van der Waals surface area contributed by atoms with E-state index in [0.717, 1.165) is 0 Å². The van der Waals surface area contributed by atoms with Crippen LogP contribution in [-0.2, 0) is 0 Å². The van der Waals surface area contributed by atoms with E-state index >= 15 is 0 Å². The number of ketones is 1. The second-order valence-electron chi connectivity index (χ2n) is 3.77. The Kier molecular flexibility index (Phi) is 2.60. The van der Waals surface area contributed by atoms with E-state index in [0.29, 0.717) is 22.3 Å². The third-order valence-electron chi connectivity index (χ3n) is 2.48. The van der Waals surface area contributed by atoms with Gasteiger partial charge in [0, 0.05) is 5.56 Å². The minimum atomic E-state index is -0.260. The number of carbonyl (C=O) groups is 1. The van der Waals surface area contributed by atoms with Crippen molar-refractivity contribution in [1.82, 2.24) is 0 Å². The van der Waals surface area contributed by atoms with Gasteiger partial charge in [0.25, 0.3) is 0 Å². The molecule has 2 nitrogen and oxygen atoms in total. The van der Waals surface area contributed by atoms with Crippen LogP contribution in [0.25, 0.3) is 0 Å². The van der Waals surface area contributed by atoms with Crippen LogP contribution in [0.15, 0.2) is 35.1 Å². The first-order valence-corrected chi connectivity index (χ1v) is 4.93. The lowest BCUT2D eigenvalue weighted by Crippen LogP contribution is -2.02. The van der Waals surface area contributed by atoms with Crippen molar-refractivity contribution in [3.8, 4) is 0 Å². The standard InChI is InChI=1S/C13H11FO2/c1-8-5-11(6-9(2)12(8)14)13(15)10-3-4-16-7-10/h3-7H,1-2H3. The summed E-state index contributed by atoms with van der Waals surface area (Å²) in [6.07, 6.45) is 2.83. The highest BCUT2D eigenvalue weighted by Gasteiger charge is 2.13. The molecule has 1 aromatic heterocycles. The molecular weight excluding hydrogens is 207 g/mol. The van der Waals surface area contributed by atoms with Gasteiger partial charge in [-0.2, -0.15) is 0 Å². The molecule has 0 fully saturated rings. The number of carbonyl (C=O) groups excluding carboxylic acids is 1. The second kappa shape index (κ2) is 3.93. The molecule has 82 valence electrons. The molecule has 1 heterocycles. The van der Waals surface area contributed by atoms with Crippen LogP contribution >= 0.6 is 0 Å². The zero-order valence-corrected chi connectivity index (χ0v) is 9.08. The number of benzene rings is 1. The highest BCUT2D eigenvalue weighted by atomic mass is 19.1. The van der Waals surface area contributed by atoms with E-state index in [-0.39, 0.29) is 11.6 Å². The van der Waals surface area contributed by atoms with Crippen molar-refractivity contribution in [2.24, 2.45) is 0 Å². The molecule has 0 bridgehead atoms. The quantitative estimate of drug-likeness (QED) is 0.724. The molecule has 2 rings (SSSR count). The predicted molar refractivity (Wildman–Crippen MR) is 58.0 cm³/mol. The van der Waals surface area contributed by atoms with Gasteiger partial charge in [0.05, 0.1) is 11.8 Å². The monoisotopic (exact) mass is 218 g/mol. The average molecular weight is 218 g/mol. The van der Waals surface area contributed by atoms with E-state index in [4.69, 9.17) is 4.42 Å². The van der Waals surface area contributed by atoms with Crippen LogP contribution in [0.5, 0.6) is 0 Å². The predicted octanol–water partition coefficient (Wildman–Crippen LogP) is 3.27. The van der Waals surface area contributed by atoms with Crippen molar-refractivity contribution in [3.63, 3.8) is 0 Å². The Morgan fingerprint density at radius 2 is 1.81 bits per heavy atom. The summed E-state index contributed by atoms with van der Waals surface area (Å²) in [4.78, 5) is 11.9. The third kappa shape index (κ3) is 1.76. The van der Waals surface area contributed by atoms with Crippen LogP contribution in [0.1, 0.15) is 27.0 Å². The number of rotatable bonds is 2. The molecule has 16 heavy (non-hydrogen) atoms. The molecular formula is C13H11FO2. The molecule has 0 amide bonds. The molecule has 0 saturated heterocycles. The van der Waals surface area contributed by atoms with Crippen LogP contribution < -0.4 is 0 Å². The first-order valence-electron chi connectivity index (χ1n) is 4.93. The average Bonchev–Trinajstić information content (AvgIpc) is 2.77. The molecule has 0 unspecified atom stereocenters. The number of halogens is 1. The Hall–Kier alpha value is -1.90. The SMILES string of the molecule is Cc1cc(C(=O)c2ccoc2)cc(C)c1F. The molecule has 0 aliphatic rings. The van der Waals surface area contributed by atoms with E-state index in [1.54, 1.807) is 32.0 Å². The van der Waals surface area contributed by atoms with Gasteiger partial charge in [-0.15, -0.1) is 0 Å². The fourth-order valence-corrected chi connectivity index (χ4v) is 1.64.